The van der Waals surface area contributed by atoms with Crippen molar-refractivity contribution in [3.8, 4) is 0 Å². The number of nitrogens with one attached hydrogen (secondary N) is 1. The molecule has 2 aromatic rings. The van der Waals surface area contributed by atoms with Crippen LogP contribution >= 0.6 is 31.9 Å². The molecule has 0 atom stereocenters. The Morgan fingerprint density at radius 3 is 1.86 bits per heavy atom. The lowest BCUT2D eigenvalue weighted by Gasteiger charge is -2.09. The third-order valence-electron chi connectivity index (χ3n) is 3.10. The fourth-order valence-electron chi connectivity index (χ4n) is 1.90. The maximum Gasteiger partial charge on any atom is 0.340 e. The maximum absolute atomic E-state index is 11.4. The Balaban J connectivity index is 0.000000542. The number of anilines is 2. The van der Waals surface area contributed by atoms with Crippen molar-refractivity contribution >= 4 is 65.2 Å². The molecule has 0 spiro atoms. The second-order valence-corrected chi connectivity index (χ2v) is 8.86. The molecule has 0 aliphatic heterocycles. The van der Waals surface area contributed by atoms with Crippen LogP contribution in [0.3, 0.4) is 0 Å². The molecule has 0 aliphatic carbocycles. The summed E-state index contributed by atoms with van der Waals surface area (Å²) in [4.78, 5) is 22.5. The van der Waals surface area contributed by atoms with Gasteiger partial charge in [0, 0.05) is 14.6 Å². The van der Waals surface area contributed by atoms with Crippen molar-refractivity contribution in [3.63, 3.8) is 0 Å². The standard InChI is InChI=1S/C9H10BrNO4S.C8H8BrNO2.CH4/c1-15-9(12)7-5-6(10)3-4-8(7)11-16(2,13)14;1-12-8(11)6-4-5(9)2-3-7(6)10;/h3-5,11H,1-2H3;2-4H,10H2,1H3;1H4. The summed E-state index contributed by atoms with van der Waals surface area (Å²) in [6.07, 6.45) is 1.01. The normalized spacial score (nSPS) is 9.97. The number of benzene rings is 2. The minimum Gasteiger partial charge on any atom is -0.465 e. The number of esters is 2. The Kier molecular flexibility index (Phi) is 10.9. The van der Waals surface area contributed by atoms with Gasteiger partial charge in [-0.2, -0.15) is 0 Å². The lowest BCUT2D eigenvalue weighted by molar-refractivity contribution is 0.0593. The van der Waals surface area contributed by atoms with Gasteiger partial charge in [0.1, 0.15) is 0 Å². The predicted octanol–water partition coefficient (Wildman–Crippen LogP) is 4.06. The first-order valence-corrected chi connectivity index (χ1v) is 10.9. The summed E-state index contributed by atoms with van der Waals surface area (Å²) < 4.78 is 34.9. The van der Waals surface area contributed by atoms with Gasteiger partial charge in [0.25, 0.3) is 0 Å². The molecule has 0 radical (unpaired) electrons. The number of methoxy groups -OCH3 is 2. The molecule has 0 unspecified atom stereocenters. The molecule has 29 heavy (non-hydrogen) atoms. The van der Waals surface area contributed by atoms with Crippen molar-refractivity contribution in [1.29, 1.82) is 0 Å². The van der Waals surface area contributed by atoms with E-state index in [1.807, 2.05) is 0 Å². The molecule has 2 aromatic carbocycles. The van der Waals surface area contributed by atoms with Gasteiger partial charge in [-0.1, -0.05) is 39.3 Å². The molecule has 0 amide bonds. The summed E-state index contributed by atoms with van der Waals surface area (Å²) >= 11 is 6.42. The summed E-state index contributed by atoms with van der Waals surface area (Å²) in [6.45, 7) is 0. The Bertz CT molecular complexity index is 980. The van der Waals surface area contributed by atoms with E-state index < -0.39 is 22.0 Å². The highest BCUT2D eigenvalue weighted by molar-refractivity contribution is 9.10. The molecule has 0 saturated heterocycles. The van der Waals surface area contributed by atoms with Gasteiger partial charge in [-0.25, -0.2) is 18.0 Å². The second-order valence-electron chi connectivity index (χ2n) is 5.28. The van der Waals surface area contributed by atoms with E-state index in [4.69, 9.17) is 5.73 Å². The van der Waals surface area contributed by atoms with Crippen LogP contribution in [0.5, 0.6) is 0 Å². The topological polar surface area (TPSA) is 125 Å². The number of nitrogen functional groups attached to an aromatic ring is 1. The molecule has 8 nitrogen and oxygen atoms in total. The number of carbonyl (C=O) groups excluding carboxylic acids is 2. The van der Waals surface area contributed by atoms with Crippen LogP contribution in [-0.2, 0) is 19.5 Å². The Labute approximate surface area is 187 Å². The first-order valence-electron chi connectivity index (χ1n) is 7.47. The highest BCUT2D eigenvalue weighted by Gasteiger charge is 2.14. The van der Waals surface area contributed by atoms with Crippen molar-refractivity contribution in [2.45, 2.75) is 7.43 Å². The van der Waals surface area contributed by atoms with Crippen LogP contribution in [0.15, 0.2) is 45.3 Å². The summed E-state index contributed by atoms with van der Waals surface area (Å²) in [5.74, 6) is -1.03. The zero-order chi connectivity index (χ0) is 21.5. The lowest BCUT2D eigenvalue weighted by atomic mass is 10.2. The van der Waals surface area contributed by atoms with Crippen LogP contribution in [0.25, 0.3) is 0 Å². The fourth-order valence-corrected chi connectivity index (χ4v) is 3.20. The van der Waals surface area contributed by atoms with E-state index in [-0.39, 0.29) is 18.7 Å². The van der Waals surface area contributed by atoms with Crippen LogP contribution in [0.4, 0.5) is 11.4 Å². The van der Waals surface area contributed by atoms with Gasteiger partial charge < -0.3 is 15.2 Å². The van der Waals surface area contributed by atoms with Crippen LogP contribution in [0.2, 0.25) is 0 Å². The molecule has 0 aliphatic rings. The van der Waals surface area contributed by atoms with E-state index in [1.54, 1.807) is 24.3 Å². The number of hydrogen-bond acceptors (Lipinski definition) is 7. The molecule has 0 aromatic heterocycles. The number of sulfonamides is 1. The molecule has 0 bridgehead atoms. The van der Waals surface area contributed by atoms with Crippen molar-refractivity contribution < 1.29 is 27.5 Å². The summed E-state index contributed by atoms with van der Waals surface area (Å²) in [6, 6.07) is 9.63. The average Bonchev–Trinajstić information content (AvgIpc) is 2.63. The van der Waals surface area contributed by atoms with Crippen LogP contribution < -0.4 is 10.5 Å². The van der Waals surface area contributed by atoms with Gasteiger partial charge >= 0.3 is 11.9 Å². The predicted molar refractivity (Wildman–Crippen MR) is 121 cm³/mol. The molecule has 160 valence electrons. The quantitative estimate of drug-likeness (QED) is 0.432. The summed E-state index contributed by atoms with van der Waals surface area (Å²) in [5, 5.41) is 0. The molecule has 11 heteroatoms. The number of hydrogen-bond donors (Lipinski definition) is 2. The molecule has 3 N–H and O–H groups in total. The van der Waals surface area contributed by atoms with Gasteiger partial charge in [-0.3, -0.25) is 4.72 Å². The van der Waals surface area contributed by atoms with Crippen molar-refractivity contribution in [3.05, 3.63) is 56.5 Å². The van der Waals surface area contributed by atoms with Gasteiger partial charge in [0.05, 0.1) is 37.3 Å². The highest BCUT2D eigenvalue weighted by Crippen LogP contribution is 2.22. The first-order chi connectivity index (χ1) is 13.0. The maximum atomic E-state index is 11.4. The number of ether oxygens (including phenoxy) is 2. The first kappa shape index (κ1) is 26.9. The van der Waals surface area contributed by atoms with Crippen molar-refractivity contribution in [2.75, 3.05) is 30.9 Å². The van der Waals surface area contributed by atoms with E-state index >= 15 is 0 Å². The minimum absolute atomic E-state index is 0. The van der Waals surface area contributed by atoms with Gasteiger partial charge in [0.15, 0.2) is 0 Å². The van der Waals surface area contributed by atoms with Crippen LogP contribution in [0, 0.1) is 0 Å². The largest absolute Gasteiger partial charge is 0.465 e. The zero-order valence-corrected chi connectivity index (χ0v) is 19.1. The third-order valence-corrected chi connectivity index (χ3v) is 4.68. The molecular formula is C18H22Br2N2O6S. The van der Waals surface area contributed by atoms with Crippen LogP contribution in [-0.4, -0.2) is 40.8 Å². The third kappa shape index (κ3) is 8.84. The SMILES string of the molecule is C.COC(=O)c1cc(Br)ccc1N.COC(=O)c1cc(Br)ccc1NS(C)(=O)=O. The van der Waals surface area contributed by atoms with Crippen molar-refractivity contribution in [2.24, 2.45) is 0 Å². The lowest BCUT2D eigenvalue weighted by Crippen LogP contribution is -2.14. The number of rotatable bonds is 4. The second kappa shape index (κ2) is 11.8. The number of carbonyl (C=O) groups is 2. The minimum atomic E-state index is -3.43. The number of halogens is 2. The molecule has 0 heterocycles. The van der Waals surface area contributed by atoms with Crippen molar-refractivity contribution in [1.82, 2.24) is 0 Å². The smallest absolute Gasteiger partial charge is 0.340 e. The monoisotopic (exact) mass is 552 g/mol. The molecule has 0 fully saturated rings. The highest BCUT2D eigenvalue weighted by atomic mass is 79.9. The fraction of sp³-hybridized carbons (Fsp3) is 0.222. The number of nitrogens with two attached hydrogens (primary N) is 1. The molecule has 2 rings (SSSR count). The summed E-state index contributed by atoms with van der Waals surface area (Å²) in [7, 11) is -0.876. The van der Waals surface area contributed by atoms with E-state index in [1.165, 1.54) is 26.4 Å². The molecule has 0 saturated carbocycles. The van der Waals surface area contributed by atoms with Gasteiger partial charge in [-0.05, 0) is 36.4 Å². The van der Waals surface area contributed by atoms with E-state index in [9.17, 15) is 18.0 Å². The Hall–Kier alpha value is -2.11. The van der Waals surface area contributed by atoms with E-state index in [2.05, 4.69) is 46.1 Å². The molecular weight excluding hydrogens is 532 g/mol. The summed E-state index contributed by atoms with van der Waals surface area (Å²) in [5.41, 5.74) is 6.69. The van der Waals surface area contributed by atoms with Gasteiger partial charge in [-0.15, -0.1) is 0 Å². The van der Waals surface area contributed by atoms with E-state index in [0.717, 1.165) is 10.7 Å². The Morgan fingerprint density at radius 1 is 0.931 bits per heavy atom. The Morgan fingerprint density at radius 2 is 1.38 bits per heavy atom. The average molecular weight is 554 g/mol. The zero-order valence-electron chi connectivity index (χ0n) is 15.2. The van der Waals surface area contributed by atoms with Gasteiger partial charge in [0.2, 0.25) is 10.0 Å². The van der Waals surface area contributed by atoms with Crippen LogP contribution in [0.1, 0.15) is 28.1 Å². The van der Waals surface area contributed by atoms with E-state index in [0.29, 0.717) is 15.7 Å².